The first-order valence-corrected chi connectivity index (χ1v) is 19.1. The summed E-state index contributed by atoms with van der Waals surface area (Å²) in [5.74, 6) is 0.0387. The number of carbonyl (C=O) groups is 2. The van der Waals surface area contributed by atoms with Crippen molar-refractivity contribution >= 4 is 37.2 Å². The quantitative estimate of drug-likeness (QED) is 0.256. The zero-order chi connectivity index (χ0) is 32.9. The number of carbonyl (C=O) groups excluding carboxylic acids is 2. The molecule has 0 radical (unpaired) electrons. The Morgan fingerprint density at radius 2 is 1.79 bits per heavy atom. The molecule has 2 N–H and O–H groups in total. The Morgan fingerprint density at radius 1 is 1.02 bits per heavy atom. The van der Waals surface area contributed by atoms with Crippen molar-refractivity contribution in [3.05, 3.63) is 95.8 Å². The van der Waals surface area contributed by atoms with Gasteiger partial charge in [0.1, 0.15) is 5.75 Å². The Hall–Kier alpha value is -4.36. The third kappa shape index (κ3) is 5.34. The van der Waals surface area contributed by atoms with Gasteiger partial charge in [0.2, 0.25) is 0 Å². The summed E-state index contributed by atoms with van der Waals surface area (Å²) >= 11 is 0. The summed E-state index contributed by atoms with van der Waals surface area (Å²) in [6, 6.07) is 22.9. The molecule has 1 aromatic heterocycles. The average molecular weight is 654 g/mol. The van der Waals surface area contributed by atoms with Crippen LogP contribution in [0.5, 0.6) is 5.75 Å². The number of benzene rings is 3. The monoisotopic (exact) mass is 653 g/mol. The van der Waals surface area contributed by atoms with Gasteiger partial charge in [-0.3, -0.25) is 19.2 Å². The summed E-state index contributed by atoms with van der Waals surface area (Å²) in [5, 5.41) is 17.6. The zero-order valence-corrected chi connectivity index (χ0v) is 27.7. The van der Waals surface area contributed by atoms with Crippen molar-refractivity contribution in [2.45, 2.75) is 63.2 Å². The minimum atomic E-state index is -2.82. The number of aromatic nitrogens is 3. The predicted octanol–water partition coefficient (Wildman–Crippen LogP) is 4.30. The molecule has 244 valence electrons. The van der Waals surface area contributed by atoms with Gasteiger partial charge >= 0.3 is 0 Å². The number of nitrogens with zero attached hydrogens (tertiary/aromatic N) is 5. The van der Waals surface area contributed by atoms with Crippen LogP contribution in [0.1, 0.15) is 30.2 Å². The fraction of sp³-hybridized carbons (Fsp3) is 0.371. The second-order valence-electron chi connectivity index (χ2n) is 13.2. The molecule has 1 spiro atoms. The third-order valence-corrected chi connectivity index (χ3v) is 12.2. The van der Waals surface area contributed by atoms with E-state index in [1.54, 1.807) is 14.5 Å². The number of anilines is 3. The molecular weight excluding hydrogens is 615 g/mol. The van der Waals surface area contributed by atoms with Crippen LogP contribution < -0.4 is 14.5 Å². The van der Waals surface area contributed by atoms with Crippen molar-refractivity contribution in [1.82, 2.24) is 15.0 Å². The van der Waals surface area contributed by atoms with E-state index in [4.69, 9.17) is 9.47 Å². The van der Waals surface area contributed by atoms with E-state index in [9.17, 15) is 19.5 Å². The summed E-state index contributed by atoms with van der Waals surface area (Å²) < 4.78 is 14.3. The Labute approximate surface area is 274 Å². The van der Waals surface area contributed by atoms with E-state index < -0.39 is 13.9 Å². The van der Waals surface area contributed by atoms with Gasteiger partial charge in [0.15, 0.2) is 20.5 Å². The summed E-state index contributed by atoms with van der Waals surface area (Å²) in [4.78, 5) is 42.8. The van der Waals surface area contributed by atoms with Crippen LogP contribution in [0.25, 0.3) is 0 Å². The molecule has 11 nitrogen and oxygen atoms in total. The van der Waals surface area contributed by atoms with Crippen LogP contribution in [0, 0.1) is 5.92 Å². The van der Waals surface area contributed by atoms with Crippen LogP contribution in [0.2, 0.25) is 18.6 Å². The van der Waals surface area contributed by atoms with E-state index in [0.717, 1.165) is 16.8 Å². The van der Waals surface area contributed by atoms with Gasteiger partial charge in [-0.1, -0.05) is 54.6 Å². The average Bonchev–Trinajstić information content (AvgIpc) is 3.70. The highest BCUT2D eigenvalue weighted by molar-refractivity contribution is 6.71. The van der Waals surface area contributed by atoms with Gasteiger partial charge in [0.25, 0.3) is 11.8 Å². The fourth-order valence-electron chi connectivity index (χ4n) is 7.76. The van der Waals surface area contributed by atoms with E-state index >= 15 is 0 Å². The van der Waals surface area contributed by atoms with Crippen LogP contribution in [-0.4, -0.2) is 64.3 Å². The molecule has 0 bridgehead atoms. The molecule has 2 amide bonds. The van der Waals surface area contributed by atoms with Crippen molar-refractivity contribution in [3.8, 4) is 5.75 Å². The van der Waals surface area contributed by atoms with Crippen molar-refractivity contribution < 1.29 is 29.0 Å². The molecule has 1 fully saturated rings. The highest BCUT2D eigenvalue weighted by atomic mass is 28.4. The fourth-order valence-corrected chi connectivity index (χ4v) is 10.4. The first kappa shape index (κ1) is 31.2. The third-order valence-electron chi connectivity index (χ3n) is 9.70. The topological polar surface area (TPSA) is 130 Å². The normalized spacial score (nSPS) is 23.7. The van der Waals surface area contributed by atoms with Crippen molar-refractivity contribution in [2.24, 2.45) is 5.92 Å². The van der Waals surface area contributed by atoms with Crippen LogP contribution >= 0.6 is 0 Å². The maximum Gasteiger partial charge on any atom is 0.269 e. The van der Waals surface area contributed by atoms with Crippen LogP contribution in [0.15, 0.2) is 79.0 Å². The molecule has 7 rings (SSSR count). The maximum absolute atomic E-state index is 14.8. The SMILES string of the molecule is C[C@H]1[C@H]([Si](C)(C)O)[C@@H](CCn2cc(CCO)nn2)O[C@]12C(=O)N(Cc1cccc(N3C(=O)COc4ccccc43)c1)c1ccccc12. The van der Waals surface area contributed by atoms with E-state index in [0.29, 0.717) is 42.2 Å². The van der Waals surface area contributed by atoms with E-state index in [2.05, 4.69) is 10.3 Å². The van der Waals surface area contributed by atoms with Gasteiger partial charge in [-0.2, -0.15) is 0 Å². The van der Waals surface area contributed by atoms with Gasteiger partial charge in [0.05, 0.1) is 29.7 Å². The predicted molar refractivity (Wildman–Crippen MR) is 178 cm³/mol. The number of rotatable bonds is 9. The molecule has 47 heavy (non-hydrogen) atoms. The van der Waals surface area contributed by atoms with E-state index in [1.807, 2.05) is 99.0 Å². The van der Waals surface area contributed by atoms with Gasteiger partial charge < -0.3 is 24.3 Å². The van der Waals surface area contributed by atoms with Gasteiger partial charge in [-0.05, 0) is 55.4 Å². The first-order chi connectivity index (χ1) is 22.6. The summed E-state index contributed by atoms with van der Waals surface area (Å²) in [5.41, 5.74) is 3.08. The number of hydrogen-bond donors (Lipinski definition) is 2. The molecule has 0 saturated carbocycles. The Balaban J connectivity index is 1.20. The largest absolute Gasteiger partial charge is 0.482 e. The number of para-hydroxylation sites is 3. The second kappa shape index (κ2) is 12.0. The Morgan fingerprint density at radius 3 is 2.57 bits per heavy atom. The molecule has 12 heteroatoms. The molecule has 0 unspecified atom stereocenters. The number of fused-ring (bicyclic) bond motifs is 3. The molecule has 4 atom stereocenters. The molecule has 3 aromatic carbocycles. The van der Waals surface area contributed by atoms with Crippen LogP contribution in [0.3, 0.4) is 0 Å². The smallest absolute Gasteiger partial charge is 0.269 e. The number of amides is 2. The highest BCUT2D eigenvalue weighted by Crippen LogP contribution is 2.59. The lowest BCUT2D eigenvalue weighted by molar-refractivity contribution is -0.146. The lowest BCUT2D eigenvalue weighted by Crippen LogP contribution is -2.46. The highest BCUT2D eigenvalue weighted by Gasteiger charge is 2.66. The second-order valence-corrected chi connectivity index (χ2v) is 17.1. The lowest BCUT2D eigenvalue weighted by atomic mass is 9.82. The standard InChI is InChI=1S/C35H39N5O6Si/c1-23-33(47(2,3)44)31(15-17-38-21-25(16-18-41)36-37-38)46-35(23)27-11-4-5-12-28(27)39(34(35)43)20-24-9-8-10-26(19-24)40-29-13-6-7-14-30(29)45-22-32(40)42/h4-14,19,21,23,31,33,41,44H,15-18,20,22H2,1-3H3/t23-,31+,33-,35+/m0/s1. The van der Waals surface area contributed by atoms with Gasteiger partial charge in [0, 0.05) is 48.5 Å². The molecular formula is C35H39N5O6Si. The number of hydrogen-bond acceptors (Lipinski definition) is 8. The van der Waals surface area contributed by atoms with E-state index in [-0.39, 0.29) is 49.1 Å². The maximum atomic E-state index is 14.8. The van der Waals surface area contributed by atoms with Crippen LogP contribution in [-0.2, 0) is 39.4 Å². The van der Waals surface area contributed by atoms with Crippen molar-refractivity contribution in [2.75, 3.05) is 23.0 Å². The van der Waals surface area contributed by atoms with Crippen molar-refractivity contribution in [1.29, 1.82) is 0 Å². The molecule has 3 aliphatic heterocycles. The first-order valence-electron chi connectivity index (χ1n) is 16.1. The molecule has 4 aromatic rings. The number of aliphatic hydroxyl groups is 1. The molecule has 4 heterocycles. The van der Waals surface area contributed by atoms with Crippen LogP contribution in [0.4, 0.5) is 17.1 Å². The summed E-state index contributed by atoms with van der Waals surface area (Å²) in [7, 11) is -2.82. The minimum Gasteiger partial charge on any atom is -0.482 e. The van der Waals surface area contributed by atoms with Gasteiger partial charge in [-0.25, -0.2) is 0 Å². The molecule has 1 saturated heterocycles. The Kier molecular flexibility index (Phi) is 7.99. The number of aryl methyl sites for hydroxylation is 1. The van der Waals surface area contributed by atoms with Crippen molar-refractivity contribution in [3.63, 3.8) is 0 Å². The summed E-state index contributed by atoms with van der Waals surface area (Å²) in [6.07, 6.45) is 2.41. The number of aliphatic hydroxyl groups excluding tert-OH is 1. The minimum absolute atomic E-state index is 0.00154. The van der Waals surface area contributed by atoms with E-state index in [1.165, 1.54) is 0 Å². The molecule has 3 aliphatic rings. The molecule has 0 aliphatic carbocycles. The number of ether oxygens (including phenoxy) is 2. The van der Waals surface area contributed by atoms with Gasteiger partial charge in [-0.15, -0.1) is 5.10 Å². The Bertz CT molecular complexity index is 1820. The summed E-state index contributed by atoms with van der Waals surface area (Å²) in [6.45, 7) is 6.59. The lowest BCUT2D eigenvalue weighted by Gasteiger charge is -2.32. The zero-order valence-electron chi connectivity index (χ0n) is 26.7.